The van der Waals surface area contributed by atoms with E-state index in [2.05, 4.69) is 33.0 Å². The van der Waals surface area contributed by atoms with Crippen molar-refractivity contribution in [3.63, 3.8) is 0 Å². The monoisotopic (exact) mass is 545 g/mol. The second-order valence-corrected chi connectivity index (χ2v) is 6.92. The van der Waals surface area contributed by atoms with E-state index in [1.54, 1.807) is 0 Å². The van der Waals surface area contributed by atoms with Crippen molar-refractivity contribution in [2.24, 2.45) is 0 Å². The Bertz CT molecular complexity index is 367. The third-order valence-electron chi connectivity index (χ3n) is 5.15. The summed E-state index contributed by atoms with van der Waals surface area (Å²) >= 11 is 0. The maximum absolute atomic E-state index is 7.50. The standard InChI is InChI=1S/C9H13O.2C5H10.3CO.W/c1-9-6-3-2-4-8(9)5-7-10-9;2*1-2-4-5-3-1;3*1-2;/h2-4,6-7H2,1H3;2*1-5H2;;;;/q-1;;;;;;+2. The van der Waals surface area contributed by atoms with Crippen LogP contribution in [0.15, 0.2) is 5.57 Å². The number of hydrogen-bond acceptors (Lipinski definition) is 1. The zero-order valence-corrected chi connectivity index (χ0v) is 19.6. The molecule has 1 aliphatic heterocycles. The van der Waals surface area contributed by atoms with E-state index in [9.17, 15) is 0 Å². The minimum atomic E-state index is 0. The van der Waals surface area contributed by atoms with Crippen molar-refractivity contribution in [1.29, 1.82) is 0 Å². The Morgan fingerprint density at radius 3 is 1.41 bits per heavy atom. The molecule has 0 aromatic rings. The van der Waals surface area contributed by atoms with Gasteiger partial charge in [0, 0.05) is 0 Å². The van der Waals surface area contributed by atoms with E-state index >= 15 is 0 Å². The molecule has 4 rings (SSSR count). The first kappa shape index (κ1) is 31.3. The van der Waals surface area contributed by atoms with Gasteiger partial charge in [0.25, 0.3) is 0 Å². The summed E-state index contributed by atoms with van der Waals surface area (Å²) in [6, 6.07) is 0. The van der Waals surface area contributed by atoms with Crippen molar-refractivity contribution >= 4 is 0 Å². The summed E-state index contributed by atoms with van der Waals surface area (Å²) in [5, 5.41) is 0. The maximum Gasteiger partial charge on any atom is 2.00 e. The molecule has 3 saturated carbocycles. The van der Waals surface area contributed by atoms with Crippen LogP contribution in [0.3, 0.4) is 0 Å². The summed E-state index contributed by atoms with van der Waals surface area (Å²) < 4.78 is 28.1. The predicted octanol–water partition coefficient (Wildman–Crippen LogP) is 5.86. The maximum atomic E-state index is 7.50. The van der Waals surface area contributed by atoms with Gasteiger partial charge in [0.2, 0.25) is 0 Å². The Morgan fingerprint density at radius 2 is 1.07 bits per heavy atom. The Morgan fingerprint density at radius 1 is 0.704 bits per heavy atom. The number of rotatable bonds is 0. The van der Waals surface area contributed by atoms with E-state index in [0.29, 0.717) is 0 Å². The molecule has 0 spiro atoms. The molecular formula is C22H33O4W+. The minimum Gasteiger partial charge on any atom is 2.00 e. The van der Waals surface area contributed by atoms with Crippen molar-refractivity contribution < 1.29 is 39.8 Å². The quantitative estimate of drug-likeness (QED) is 0.278. The summed E-state index contributed by atoms with van der Waals surface area (Å²) in [5.74, 6) is 0. The normalized spacial score (nSPS) is 23.6. The molecule has 0 aromatic carbocycles. The smallest absolute Gasteiger partial charge is 2.00 e. The van der Waals surface area contributed by atoms with Gasteiger partial charge in [-0.1, -0.05) is 90.1 Å². The number of fused-ring (bicyclic) bond motifs is 1. The van der Waals surface area contributed by atoms with Gasteiger partial charge >= 0.3 is 55.0 Å². The average Bonchev–Trinajstić information content (AvgIpc) is 3.51. The molecule has 0 radical (unpaired) electrons. The zero-order chi connectivity index (χ0) is 20.1. The van der Waals surface area contributed by atoms with Gasteiger partial charge in [-0.05, 0) is 13.3 Å². The van der Waals surface area contributed by atoms with Crippen LogP contribution < -0.4 is 0 Å². The van der Waals surface area contributed by atoms with Crippen LogP contribution in [0.4, 0.5) is 0 Å². The Labute approximate surface area is 180 Å². The van der Waals surface area contributed by atoms with Gasteiger partial charge in [0.15, 0.2) is 0 Å². The van der Waals surface area contributed by atoms with Crippen molar-refractivity contribution in [1.82, 2.24) is 0 Å². The van der Waals surface area contributed by atoms with Crippen molar-refractivity contribution in [3.05, 3.63) is 31.6 Å². The minimum absolute atomic E-state index is 0. The topological polar surface area (TPSA) is 68.9 Å². The van der Waals surface area contributed by atoms with E-state index in [-0.39, 0.29) is 26.7 Å². The molecule has 1 atom stereocenters. The molecule has 3 aliphatic carbocycles. The number of hydrogen-bond donors (Lipinski definition) is 0. The van der Waals surface area contributed by atoms with Gasteiger partial charge < -0.3 is 10.8 Å². The van der Waals surface area contributed by atoms with Crippen molar-refractivity contribution in [2.75, 3.05) is 6.61 Å². The fourth-order valence-electron chi connectivity index (χ4n) is 3.66. The van der Waals surface area contributed by atoms with Crippen LogP contribution >= 0.6 is 0 Å². The van der Waals surface area contributed by atoms with Crippen LogP contribution in [-0.4, -0.2) is 12.2 Å². The molecule has 4 nitrogen and oxygen atoms in total. The zero-order valence-electron chi connectivity index (χ0n) is 16.6. The van der Waals surface area contributed by atoms with E-state index in [1.165, 1.54) is 95.5 Å². The van der Waals surface area contributed by atoms with E-state index < -0.39 is 0 Å². The molecule has 0 saturated heterocycles. The van der Waals surface area contributed by atoms with Crippen LogP contribution in [-0.2, 0) is 39.8 Å². The SMILES string of the molecule is C1CCCC1.C1CCCC1.CC12CCCCC1=[C-]CO2.[C-]#[O+].[C-]#[O+].[C-]#[O+].[W+2]. The molecule has 0 bridgehead atoms. The molecule has 1 heterocycles. The van der Waals surface area contributed by atoms with Gasteiger partial charge in [0.05, 0.1) is 5.60 Å². The molecule has 3 fully saturated rings. The second kappa shape index (κ2) is 23.6. The van der Waals surface area contributed by atoms with Crippen LogP contribution in [0.1, 0.15) is 96.8 Å². The summed E-state index contributed by atoms with van der Waals surface area (Å²) in [4.78, 5) is 0. The van der Waals surface area contributed by atoms with E-state index in [0.717, 1.165) is 6.61 Å². The molecule has 5 heteroatoms. The van der Waals surface area contributed by atoms with Gasteiger partial charge in [-0.25, -0.2) is 5.57 Å². The molecular weight excluding hydrogens is 512 g/mol. The summed E-state index contributed by atoms with van der Waals surface area (Å²) in [6.45, 7) is 16.4. The molecule has 150 valence electrons. The van der Waals surface area contributed by atoms with Crippen LogP contribution in [0, 0.1) is 26.0 Å². The van der Waals surface area contributed by atoms with Crippen LogP contribution in [0.5, 0.6) is 0 Å². The predicted molar refractivity (Wildman–Crippen MR) is 97.5 cm³/mol. The summed E-state index contributed by atoms with van der Waals surface area (Å²) in [7, 11) is 0. The molecule has 4 aliphatic rings. The Balaban J connectivity index is -0.000000293. The first-order valence-corrected chi connectivity index (χ1v) is 9.67. The van der Waals surface area contributed by atoms with Gasteiger partial charge in [-0.15, -0.1) is 0 Å². The third-order valence-corrected chi connectivity index (χ3v) is 5.15. The second-order valence-electron chi connectivity index (χ2n) is 6.92. The first-order valence-electron chi connectivity index (χ1n) is 9.67. The molecule has 27 heavy (non-hydrogen) atoms. The van der Waals surface area contributed by atoms with Crippen LogP contribution in [0.2, 0.25) is 0 Å². The first-order chi connectivity index (χ1) is 12.8. The molecule has 0 N–H and O–H groups in total. The number of ether oxygens (including phenoxy) is 1. The summed E-state index contributed by atoms with van der Waals surface area (Å²) in [5.41, 5.74) is 1.52. The average molecular weight is 545 g/mol. The Kier molecular flexibility index (Phi) is 27.4. The van der Waals surface area contributed by atoms with Gasteiger partial charge in [-0.3, -0.25) is 0 Å². The van der Waals surface area contributed by atoms with Crippen molar-refractivity contribution in [2.45, 2.75) is 102 Å². The van der Waals surface area contributed by atoms with Gasteiger partial charge in [0.1, 0.15) is 0 Å². The fraction of sp³-hybridized carbons (Fsp3) is 0.773. The molecule has 0 aromatic heterocycles. The summed E-state index contributed by atoms with van der Waals surface area (Å²) in [6.07, 6.45) is 23.4. The molecule has 0 amide bonds. The van der Waals surface area contributed by atoms with Crippen LogP contribution in [0.25, 0.3) is 0 Å². The van der Waals surface area contributed by atoms with Gasteiger partial charge in [-0.2, -0.15) is 0 Å². The largest absolute Gasteiger partial charge is 2.00 e. The third kappa shape index (κ3) is 15.2. The fourth-order valence-corrected chi connectivity index (χ4v) is 3.66. The van der Waals surface area contributed by atoms with E-state index in [1.807, 2.05) is 0 Å². The molecule has 1 unspecified atom stereocenters. The Hall–Kier alpha value is -0.392. The van der Waals surface area contributed by atoms with Crippen molar-refractivity contribution in [3.8, 4) is 0 Å². The van der Waals surface area contributed by atoms with E-state index in [4.69, 9.17) is 18.7 Å².